The van der Waals surface area contributed by atoms with Gasteiger partial charge in [0.2, 0.25) is 5.91 Å². The topological polar surface area (TPSA) is 32.3 Å². The van der Waals surface area contributed by atoms with Crippen LogP contribution in [0.4, 0.5) is 26.3 Å². The van der Waals surface area contributed by atoms with E-state index in [1.54, 1.807) is 0 Å². The van der Waals surface area contributed by atoms with Crippen molar-refractivity contribution in [2.75, 3.05) is 13.1 Å². The summed E-state index contributed by atoms with van der Waals surface area (Å²) >= 11 is 0. The summed E-state index contributed by atoms with van der Waals surface area (Å²) in [5.41, 5.74) is -1.90. The fourth-order valence-electron chi connectivity index (χ4n) is 5.08. The van der Waals surface area contributed by atoms with Crippen molar-refractivity contribution in [1.82, 2.24) is 10.2 Å². The van der Waals surface area contributed by atoms with Crippen LogP contribution in [0.1, 0.15) is 35.1 Å². The number of halogens is 6. The molecule has 0 bridgehead atoms. The smallest absolute Gasteiger partial charge is 0.352 e. The van der Waals surface area contributed by atoms with Gasteiger partial charge in [0.05, 0.1) is 11.1 Å². The minimum Gasteiger partial charge on any atom is -0.352 e. The molecule has 1 heterocycles. The van der Waals surface area contributed by atoms with Crippen molar-refractivity contribution in [1.29, 1.82) is 0 Å². The molecule has 1 aliphatic heterocycles. The Morgan fingerprint density at radius 3 is 2.12 bits per heavy atom. The van der Waals surface area contributed by atoms with Gasteiger partial charge in [0, 0.05) is 32.1 Å². The predicted octanol–water partition coefficient (Wildman–Crippen LogP) is 5.50. The molecule has 33 heavy (non-hydrogen) atoms. The molecule has 0 radical (unpaired) electrons. The number of rotatable bonds is 5. The van der Waals surface area contributed by atoms with E-state index >= 15 is 0 Å². The normalized spacial score (nSPS) is 23.5. The average molecular weight is 470 g/mol. The molecule has 2 aromatic rings. The average Bonchev–Trinajstić information content (AvgIpc) is 3.30. The summed E-state index contributed by atoms with van der Waals surface area (Å²) in [5.74, 6) is 0.0947. The zero-order valence-corrected chi connectivity index (χ0v) is 17.7. The lowest BCUT2D eigenvalue weighted by molar-refractivity contribution is -0.143. The van der Waals surface area contributed by atoms with E-state index in [2.05, 4.69) is 22.3 Å². The number of likely N-dealkylation sites (tertiary alicyclic amines) is 1. The molecule has 2 fully saturated rings. The summed E-state index contributed by atoms with van der Waals surface area (Å²) in [5, 5.41) is 2.52. The van der Waals surface area contributed by atoms with E-state index in [-0.39, 0.29) is 23.5 Å². The predicted molar refractivity (Wildman–Crippen MR) is 110 cm³/mol. The Labute approximate surface area is 187 Å². The number of benzene rings is 2. The van der Waals surface area contributed by atoms with Crippen LogP contribution >= 0.6 is 0 Å². The second-order valence-corrected chi connectivity index (χ2v) is 8.95. The summed E-state index contributed by atoms with van der Waals surface area (Å²) in [6, 6.07) is 11.6. The SMILES string of the molecule is O=C(NCc1ccc(C(F)(F)F)cc1C(F)(F)F)C1CC2CN(Cc3ccccc3)C[C@H]2C1. The van der Waals surface area contributed by atoms with Crippen LogP contribution in [0, 0.1) is 17.8 Å². The maximum atomic E-state index is 13.3. The number of carbonyl (C=O) groups excluding carboxylic acids is 1. The van der Waals surface area contributed by atoms with Gasteiger partial charge in [-0.3, -0.25) is 9.69 Å². The van der Waals surface area contributed by atoms with Crippen LogP contribution in [0.5, 0.6) is 0 Å². The van der Waals surface area contributed by atoms with Gasteiger partial charge in [-0.25, -0.2) is 0 Å². The highest BCUT2D eigenvalue weighted by Gasteiger charge is 2.43. The molecule has 0 aromatic heterocycles. The first-order chi connectivity index (χ1) is 15.5. The fraction of sp³-hybridized carbons (Fsp3) is 0.458. The van der Waals surface area contributed by atoms with E-state index < -0.39 is 30.0 Å². The number of hydrogen-bond acceptors (Lipinski definition) is 2. The van der Waals surface area contributed by atoms with Crippen LogP contribution in [0.2, 0.25) is 0 Å². The van der Waals surface area contributed by atoms with Crippen LogP contribution in [0.25, 0.3) is 0 Å². The van der Waals surface area contributed by atoms with Crippen LogP contribution in [-0.4, -0.2) is 23.9 Å². The summed E-state index contributed by atoms with van der Waals surface area (Å²) in [6.45, 7) is 2.14. The van der Waals surface area contributed by atoms with Crippen molar-refractivity contribution in [2.45, 2.75) is 38.3 Å². The molecule has 1 N–H and O–H groups in total. The summed E-state index contributed by atoms with van der Waals surface area (Å²) in [6.07, 6.45) is -8.49. The lowest BCUT2D eigenvalue weighted by Crippen LogP contribution is -2.31. The third-order valence-corrected chi connectivity index (χ3v) is 6.64. The maximum Gasteiger partial charge on any atom is 0.416 e. The Bertz CT molecular complexity index is 975. The van der Waals surface area contributed by atoms with E-state index in [1.807, 2.05) is 18.2 Å². The van der Waals surface area contributed by atoms with Gasteiger partial charge in [-0.05, 0) is 47.9 Å². The van der Waals surface area contributed by atoms with Gasteiger partial charge >= 0.3 is 12.4 Å². The van der Waals surface area contributed by atoms with Crippen LogP contribution in [-0.2, 0) is 30.2 Å². The van der Waals surface area contributed by atoms with Crippen molar-refractivity contribution in [3.05, 3.63) is 70.8 Å². The molecule has 1 saturated heterocycles. The molecule has 0 spiro atoms. The molecule has 3 atom stereocenters. The molecule has 1 amide bonds. The number of nitrogens with one attached hydrogen (secondary N) is 1. The Kier molecular flexibility index (Phi) is 6.44. The molecule has 178 valence electrons. The third-order valence-electron chi connectivity index (χ3n) is 6.64. The van der Waals surface area contributed by atoms with Gasteiger partial charge in [-0.1, -0.05) is 36.4 Å². The summed E-state index contributed by atoms with van der Waals surface area (Å²) < 4.78 is 78.4. The number of fused-ring (bicyclic) bond motifs is 1. The number of hydrogen-bond donors (Lipinski definition) is 1. The summed E-state index contributed by atoms with van der Waals surface area (Å²) in [4.78, 5) is 15.0. The molecular weight excluding hydrogens is 446 g/mol. The van der Waals surface area contributed by atoms with Crippen LogP contribution < -0.4 is 5.32 Å². The first-order valence-electron chi connectivity index (χ1n) is 10.8. The first-order valence-corrected chi connectivity index (χ1v) is 10.8. The number of amides is 1. The molecule has 2 aliphatic rings. The zero-order chi connectivity index (χ0) is 23.8. The number of carbonyl (C=O) groups is 1. The Morgan fingerprint density at radius 2 is 1.55 bits per heavy atom. The Balaban J connectivity index is 1.33. The van der Waals surface area contributed by atoms with Gasteiger partial charge < -0.3 is 5.32 Å². The zero-order valence-electron chi connectivity index (χ0n) is 17.7. The van der Waals surface area contributed by atoms with E-state index in [0.717, 1.165) is 25.7 Å². The van der Waals surface area contributed by atoms with E-state index in [0.29, 0.717) is 30.7 Å². The van der Waals surface area contributed by atoms with E-state index in [1.165, 1.54) is 5.56 Å². The molecular formula is C24H24F6N2O. The quantitative estimate of drug-likeness (QED) is 0.586. The van der Waals surface area contributed by atoms with Gasteiger partial charge in [0.1, 0.15) is 0 Å². The summed E-state index contributed by atoms with van der Waals surface area (Å²) in [7, 11) is 0. The van der Waals surface area contributed by atoms with Gasteiger partial charge in [-0.2, -0.15) is 26.3 Å². The Hall–Kier alpha value is -2.55. The number of alkyl halides is 6. The fourth-order valence-corrected chi connectivity index (χ4v) is 5.08. The van der Waals surface area contributed by atoms with Crippen molar-refractivity contribution in [2.24, 2.45) is 17.8 Å². The second-order valence-electron chi connectivity index (χ2n) is 8.95. The lowest BCUT2D eigenvalue weighted by Gasteiger charge is -2.19. The minimum atomic E-state index is -4.95. The van der Waals surface area contributed by atoms with Crippen molar-refractivity contribution >= 4 is 5.91 Å². The molecule has 2 unspecified atom stereocenters. The van der Waals surface area contributed by atoms with Crippen LogP contribution in [0.15, 0.2) is 48.5 Å². The van der Waals surface area contributed by atoms with Crippen molar-refractivity contribution in [3.8, 4) is 0 Å². The van der Waals surface area contributed by atoms with Gasteiger partial charge in [-0.15, -0.1) is 0 Å². The maximum absolute atomic E-state index is 13.3. The van der Waals surface area contributed by atoms with Crippen LogP contribution in [0.3, 0.4) is 0 Å². The van der Waals surface area contributed by atoms with Crippen molar-refractivity contribution in [3.63, 3.8) is 0 Å². The lowest BCUT2D eigenvalue weighted by atomic mass is 10.0. The second kappa shape index (κ2) is 9.00. The van der Waals surface area contributed by atoms with E-state index in [4.69, 9.17) is 0 Å². The standard InChI is InChI=1S/C24H24F6N2O/c25-23(26,27)20-7-6-16(21(10-20)24(28,29)30)11-31-22(33)17-8-18-13-32(14-19(18)9-17)12-15-4-2-1-3-5-15/h1-7,10,17-19H,8-9,11-14H2,(H,31,33)/t17?,18-,19?/m1/s1. The largest absolute Gasteiger partial charge is 0.416 e. The molecule has 4 rings (SSSR count). The minimum absolute atomic E-state index is 0.1000. The molecule has 1 aliphatic carbocycles. The Morgan fingerprint density at radius 1 is 0.909 bits per heavy atom. The first kappa shape index (κ1) is 23.6. The highest BCUT2D eigenvalue weighted by atomic mass is 19.4. The third kappa shape index (κ3) is 5.51. The highest BCUT2D eigenvalue weighted by molar-refractivity contribution is 5.79. The molecule has 3 nitrogen and oxygen atoms in total. The highest BCUT2D eigenvalue weighted by Crippen LogP contribution is 2.42. The number of nitrogens with zero attached hydrogens (tertiary/aromatic N) is 1. The van der Waals surface area contributed by atoms with Gasteiger partial charge in [0.15, 0.2) is 0 Å². The molecule has 1 saturated carbocycles. The van der Waals surface area contributed by atoms with Crippen molar-refractivity contribution < 1.29 is 31.1 Å². The monoisotopic (exact) mass is 470 g/mol. The van der Waals surface area contributed by atoms with E-state index in [9.17, 15) is 31.1 Å². The molecule has 9 heteroatoms. The van der Waals surface area contributed by atoms with Gasteiger partial charge in [0.25, 0.3) is 0 Å². The molecule has 2 aromatic carbocycles.